The third-order valence-corrected chi connectivity index (χ3v) is 4.60. The normalized spacial score (nSPS) is 21.9. The molecule has 1 aliphatic rings. The van der Waals surface area contributed by atoms with E-state index in [4.69, 9.17) is 23.2 Å². The lowest BCUT2D eigenvalue weighted by atomic mass is 9.73. The molecule has 112 valence electrons. The first-order valence-corrected chi connectivity index (χ1v) is 7.86. The van der Waals surface area contributed by atoms with Gasteiger partial charge in [0.1, 0.15) is 11.6 Å². The summed E-state index contributed by atoms with van der Waals surface area (Å²) >= 11 is 11.8. The molecule has 0 heterocycles. The molecule has 0 N–H and O–H groups in total. The smallest absolute Gasteiger partial charge is 0.148 e. The number of benzene rings is 2. The summed E-state index contributed by atoms with van der Waals surface area (Å²) in [7, 11) is 0. The van der Waals surface area contributed by atoms with Crippen molar-refractivity contribution < 1.29 is 9.59 Å². The molecule has 1 fully saturated rings. The summed E-state index contributed by atoms with van der Waals surface area (Å²) in [5.41, 5.74) is 1.70. The predicted octanol–water partition coefficient (Wildman–Crippen LogP) is 4.79. The van der Waals surface area contributed by atoms with E-state index in [1.807, 2.05) is 24.3 Å². The Morgan fingerprint density at radius 2 is 1.05 bits per heavy atom. The predicted molar refractivity (Wildman–Crippen MR) is 87.6 cm³/mol. The summed E-state index contributed by atoms with van der Waals surface area (Å²) in [5.74, 6) is -0.581. The first-order chi connectivity index (χ1) is 10.5. The molecular weight excluding hydrogens is 319 g/mol. The molecule has 0 aromatic heterocycles. The fraction of sp³-hybridized carbons (Fsp3) is 0.222. The first kappa shape index (κ1) is 15.3. The fourth-order valence-electron chi connectivity index (χ4n) is 2.94. The average molecular weight is 333 g/mol. The van der Waals surface area contributed by atoms with Crippen LogP contribution in [-0.2, 0) is 9.59 Å². The molecule has 0 radical (unpaired) electrons. The van der Waals surface area contributed by atoms with Crippen molar-refractivity contribution in [2.45, 2.75) is 24.7 Å². The number of rotatable bonds is 2. The van der Waals surface area contributed by atoms with Gasteiger partial charge < -0.3 is 0 Å². The van der Waals surface area contributed by atoms with Gasteiger partial charge >= 0.3 is 0 Å². The minimum atomic E-state index is -0.390. The van der Waals surface area contributed by atoms with Gasteiger partial charge in [0.05, 0.1) is 11.8 Å². The van der Waals surface area contributed by atoms with Crippen LogP contribution in [0.15, 0.2) is 48.5 Å². The van der Waals surface area contributed by atoms with E-state index in [0.29, 0.717) is 10.0 Å². The maximum absolute atomic E-state index is 12.8. The van der Waals surface area contributed by atoms with Crippen molar-refractivity contribution in [1.29, 1.82) is 0 Å². The van der Waals surface area contributed by atoms with Crippen molar-refractivity contribution in [3.63, 3.8) is 0 Å². The highest BCUT2D eigenvalue weighted by atomic mass is 35.5. The second-order valence-electron chi connectivity index (χ2n) is 5.56. The van der Waals surface area contributed by atoms with Gasteiger partial charge in [-0.1, -0.05) is 47.5 Å². The fourth-order valence-corrected chi connectivity index (χ4v) is 3.19. The standard InChI is InChI=1S/C18H14Cl2O2/c19-13-5-1-11(2-6-13)16-9-15(21)10-17(18(16)22)12-3-7-14(20)8-4-12/h1-8,16-17H,9-10H2. The Bertz CT molecular complexity index is 645. The molecule has 1 aliphatic carbocycles. The quantitative estimate of drug-likeness (QED) is 0.792. The minimum Gasteiger partial charge on any atom is -0.300 e. The molecule has 0 aliphatic heterocycles. The Kier molecular flexibility index (Phi) is 4.32. The molecule has 0 bridgehead atoms. The van der Waals surface area contributed by atoms with E-state index < -0.39 is 0 Å². The van der Waals surface area contributed by atoms with Crippen molar-refractivity contribution in [3.8, 4) is 0 Å². The van der Waals surface area contributed by atoms with Crippen LogP contribution in [-0.4, -0.2) is 11.6 Å². The number of carbonyl (C=O) groups is 2. The largest absolute Gasteiger partial charge is 0.300 e. The maximum atomic E-state index is 12.8. The lowest BCUT2D eigenvalue weighted by molar-refractivity contribution is -0.132. The lowest BCUT2D eigenvalue weighted by Crippen LogP contribution is -2.30. The minimum absolute atomic E-state index is 0.0873. The molecule has 0 saturated heterocycles. The zero-order valence-corrected chi connectivity index (χ0v) is 13.3. The summed E-state index contributed by atoms with van der Waals surface area (Å²) in [6.07, 6.45) is 0.537. The van der Waals surface area contributed by atoms with E-state index in [2.05, 4.69) is 0 Å². The number of hydrogen-bond donors (Lipinski definition) is 0. The second kappa shape index (κ2) is 6.23. The van der Waals surface area contributed by atoms with E-state index in [-0.39, 0.29) is 36.2 Å². The number of Topliss-reactive ketones (excluding diaryl/α,β-unsaturated/α-hetero) is 2. The lowest BCUT2D eigenvalue weighted by Gasteiger charge is -2.27. The van der Waals surface area contributed by atoms with Crippen molar-refractivity contribution in [1.82, 2.24) is 0 Å². The maximum Gasteiger partial charge on any atom is 0.148 e. The summed E-state index contributed by atoms with van der Waals surface area (Å²) in [6.45, 7) is 0. The molecular formula is C18H14Cl2O2. The summed E-state index contributed by atoms with van der Waals surface area (Å²) < 4.78 is 0. The zero-order valence-electron chi connectivity index (χ0n) is 11.8. The number of ketones is 2. The Morgan fingerprint density at radius 3 is 1.41 bits per heavy atom. The van der Waals surface area contributed by atoms with Gasteiger partial charge in [-0.2, -0.15) is 0 Å². The zero-order chi connectivity index (χ0) is 15.7. The Morgan fingerprint density at radius 1 is 0.682 bits per heavy atom. The van der Waals surface area contributed by atoms with Crippen LogP contribution < -0.4 is 0 Å². The van der Waals surface area contributed by atoms with Gasteiger partial charge in [-0.15, -0.1) is 0 Å². The molecule has 2 atom stereocenters. The van der Waals surface area contributed by atoms with Crippen LogP contribution in [0.5, 0.6) is 0 Å². The van der Waals surface area contributed by atoms with Crippen LogP contribution >= 0.6 is 23.2 Å². The summed E-state index contributed by atoms with van der Waals surface area (Å²) in [5, 5.41) is 1.24. The third kappa shape index (κ3) is 3.08. The summed E-state index contributed by atoms with van der Waals surface area (Å²) in [4.78, 5) is 24.9. The Hall–Kier alpha value is -1.64. The van der Waals surface area contributed by atoms with E-state index in [9.17, 15) is 9.59 Å². The molecule has 3 rings (SSSR count). The highest BCUT2D eigenvalue weighted by molar-refractivity contribution is 6.30. The van der Waals surface area contributed by atoms with Gasteiger partial charge in [-0.05, 0) is 35.4 Å². The van der Waals surface area contributed by atoms with E-state index in [1.165, 1.54) is 0 Å². The second-order valence-corrected chi connectivity index (χ2v) is 6.43. The van der Waals surface area contributed by atoms with Crippen molar-refractivity contribution in [3.05, 3.63) is 69.7 Å². The van der Waals surface area contributed by atoms with Crippen LogP contribution in [0.2, 0.25) is 10.0 Å². The number of halogens is 2. The highest BCUT2D eigenvalue weighted by Gasteiger charge is 2.37. The topological polar surface area (TPSA) is 34.1 Å². The number of carbonyl (C=O) groups excluding carboxylic acids is 2. The molecule has 0 amide bonds. The van der Waals surface area contributed by atoms with E-state index >= 15 is 0 Å². The SMILES string of the molecule is O=C1CC(c2ccc(Cl)cc2)C(=O)C(c2ccc(Cl)cc2)C1. The van der Waals surface area contributed by atoms with Crippen molar-refractivity contribution >= 4 is 34.8 Å². The van der Waals surface area contributed by atoms with Crippen LogP contribution in [0.25, 0.3) is 0 Å². The van der Waals surface area contributed by atoms with Gasteiger partial charge in [0.25, 0.3) is 0 Å². The van der Waals surface area contributed by atoms with Crippen LogP contribution in [0.4, 0.5) is 0 Å². The molecule has 2 aromatic rings. The average Bonchev–Trinajstić information content (AvgIpc) is 2.51. The summed E-state index contributed by atoms with van der Waals surface area (Å²) in [6, 6.07) is 14.3. The Balaban J connectivity index is 1.93. The van der Waals surface area contributed by atoms with Gasteiger partial charge in [-0.25, -0.2) is 0 Å². The number of hydrogen-bond acceptors (Lipinski definition) is 2. The molecule has 0 spiro atoms. The van der Waals surface area contributed by atoms with E-state index in [1.54, 1.807) is 24.3 Å². The van der Waals surface area contributed by atoms with Crippen molar-refractivity contribution in [2.24, 2.45) is 0 Å². The van der Waals surface area contributed by atoms with Gasteiger partial charge in [0.15, 0.2) is 0 Å². The Labute approximate surface area is 139 Å². The highest BCUT2D eigenvalue weighted by Crippen LogP contribution is 2.37. The van der Waals surface area contributed by atoms with E-state index in [0.717, 1.165) is 11.1 Å². The van der Waals surface area contributed by atoms with Gasteiger partial charge in [0.2, 0.25) is 0 Å². The van der Waals surface area contributed by atoms with Gasteiger partial charge in [-0.3, -0.25) is 9.59 Å². The molecule has 2 unspecified atom stereocenters. The molecule has 2 aromatic carbocycles. The molecule has 1 saturated carbocycles. The molecule has 4 heteroatoms. The van der Waals surface area contributed by atoms with Crippen LogP contribution in [0, 0.1) is 0 Å². The first-order valence-electron chi connectivity index (χ1n) is 7.11. The molecule has 22 heavy (non-hydrogen) atoms. The molecule has 2 nitrogen and oxygen atoms in total. The monoisotopic (exact) mass is 332 g/mol. The van der Waals surface area contributed by atoms with Gasteiger partial charge in [0, 0.05) is 22.9 Å². The third-order valence-electron chi connectivity index (χ3n) is 4.10. The van der Waals surface area contributed by atoms with Crippen molar-refractivity contribution in [2.75, 3.05) is 0 Å². The van der Waals surface area contributed by atoms with Crippen LogP contribution in [0.3, 0.4) is 0 Å². The van der Waals surface area contributed by atoms with Crippen LogP contribution in [0.1, 0.15) is 35.8 Å².